The summed E-state index contributed by atoms with van der Waals surface area (Å²) in [6, 6.07) is 3.93. The van der Waals surface area contributed by atoms with Gasteiger partial charge in [0.1, 0.15) is 10.7 Å². The fourth-order valence-corrected chi connectivity index (χ4v) is 2.64. The highest BCUT2D eigenvalue weighted by Gasteiger charge is 2.25. The van der Waals surface area contributed by atoms with Crippen molar-refractivity contribution in [3.05, 3.63) is 34.3 Å². The summed E-state index contributed by atoms with van der Waals surface area (Å²) in [5.74, 6) is 1.53. The van der Waals surface area contributed by atoms with Crippen LogP contribution in [0.15, 0.2) is 28.7 Å². The Labute approximate surface area is 123 Å². The molecule has 0 saturated carbocycles. The molecule has 5 heteroatoms. The van der Waals surface area contributed by atoms with Gasteiger partial charge in [0.15, 0.2) is 11.5 Å². The number of fused-ring (bicyclic) bond motifs is 1. The van der Waals surface area contributed by atoms with Crippen LogP contribution in [0.3, 0.4) is 0 Å². The van der Waals surface area contributed by atoms with Crippen LogP contribution in [0.25, 0.3) is 0 Å². The minimum atomic E-state index is 0. The summed E-state index contributed by atoms with van der Waals surface area (Å²) in [6.45, 7) is 5.15. The van der Waals surface area contributed by atoms with E-state index in [0.29, 0.717) is 13.2 Å². The molecule has 0 radical (unpaired) electrons. The van der Waals surface area contributed by atoms with Crippen molar-refractivity contribution < 1.29 is 9.47 Å². The molecule has 0 aliphatic carbocycles. The van der Waals surface area contributed by atoms with Crippen LogP contribution in [-0.4, -0.2) is 23.9 Å². The molecular formula is C15H18N2O2S. The van der Waals surface area contributed by atoms with Gasteiger partial charge in [0, 0.05) is 23.2 Å². The van der Waals surface area contributed by atoms with Crippen molar-refractivity contribution in [1.82, 2.24) is 4.98 Å². The molecule has 2 heterocycles. The zero-order valence-corrected chi connectivity index (χ0v) is 11.7. The summed E-state index contributed by atoms with van der Waals surface area (Å²) in [4.78, 5) is 8.79. The van der Waals surface area contributed by atoms with Gasteiger partial charge >= 0.3 is 0 Å². The number of hydrogen-bond donors (Lipinski definition) is 0. The molecule has 2 aromatic rings. The van der Waals surface area contributed by atoms with Gasteiger partial charge in [-0.1, -0.05) is 7.43 Å². The minimum Gasteiger partial charge on any atom is -0.490 e. The first-order chi connectivity index (χ1) is 9.33. The summed E-state index contributed by atoms with van der Waals surface area (Å²) in [5, 5.41) is 2.90. The van der Waals surface area contributed by atoms with E-state index in [0.717, 1.165) is 33.5 Å². The van der Waals surface area contributed by atoms with Crippen molar-refractivity contribution in [2.75, 3.05) is 13.2 Å². The van der Waals surface area contributed by atoms with E-state index in [1.807, 2.05) is 31.4 Å². The van der Waals surface area contributed by atoms with Crippen LogP contribution in [0.5, 0.6) is 11.5 Å². The third kappa shape index (κ3) is 2.41. The zero-order valence-electron chi connectivity index (χ0n) is 10.8. The van der Waals surface area contributed by atoms with Crippen LogP contribution in [0, 0.1) is 0 Å². The number of hydrogen-bond acceptors (Lipinski definition) is 5. The number of ether oxygens (including phenoxy) is 2. The Morgan fingerprint density at radius 3 is 2.40 bits per heavy atom. The topological polar surface area (TPSA) is 43.7 Å². The molecule has 3 rings (SSSR count). The normalized spacial score (nSPS) is 11.8. The lowest BCUT2D eigenvalue weighted by Crippen LogP contribution is -2.12. The molecule has 20 heavy (non-hydrogen) atoms. The Hall–Kier alpha value is -1.88. The van der Waals surface area contributed by atoms with Gasteiger partial charge in [0.25, 0.3) is 0 Å². The largest absolute Gasteiger partial charge is 0.490 e. The van der Waals surface area contributed by atoms with Crippen LogP contribution in [-0.2, 0) is 0 Å². The fourth-order valence-electron chi connectivity index (χ4n) is 2.00. The molecule has 1 aromatic heterocycles. The molecule has 1 aliphatic heterocycles. The Kier molecular flexibility index (Phi) is 4.39. The Balaban J connectivity index is 0.00000147. The number of aliphatic imine (C=N–C) groups is 1. The number of rotatable bonds is 5. The summed E-state index contributed by atoms with van der Waals surface area (Å²) in [7, 11) is 0. The molecule has 0 fully saturated rings. The predicted octanol–water partition coefficient (Wildman–Crippen LogP) is 4.06. The van der Waals surface area contributed by atoms with Crippen molar-refractivity contribution in [2.24, 2.45) is 4.99 Å². The predicted molar refractivity (Wildman–Crippen MR) is 82.9 cm³/mol. The number of nitrogens with zero attached hydrogens (tertiary/aromatic N) is 2. The Morgan fingerprint density at radius 2 is 1.80 bits per heavy atom. The summed E-state index contributed by atoms with van der Waals surface area (Å²) >= 11 is 1.59. The molecule has 0 atom stereocenters. The van der Waals surface area contributed by atoms with Gasteiger partial charge in [-0.3, -0.25) is 0 Å². The van der Waals surface area contributed by atoms with E-state index in [9.17, 15) is 0 Å². The van der Waals surface area contributed by atoms with E-state index in [1.165, 1.54) is 0 Å². The standard InChI is InChI=1S/C14H14N2O2S.CH4/c1-3-17-11-7-9-10(8-12(11)18-4-2)16-13(9)14-15-5-6-19-14;/h5-8H,3-4H2,1-2H3;1H4. The van der Waals surface area contributed by atoms with E-state index < -0.39 is 0 Å². The average molecular weight is 290 g/mol. The fraction of sp³-hybridized carbons (Fsp3) is 0.333. The van der Waals surface area contributed by atoms with Crippen LogP contribution in [0.1, 0.15) is 31.8 Å². The third-order valence-electron chi connectivity index (χ3n) is 2.78. The first kappa shape index (κ1) is 14.5. The highest BCUT2D eigenvalue weighted by atomic mass is 32.1. The molecule has 0 saturated heterocycles. The monoisotopic (exact) mass is 290 g/mol. The van der Waals surface area contributed by atoms with Crippen LogP contribution in [0.2, 0.25) is 0 Å². The second-order valence-corrected chi connectivity index (χ2v) is 4.87. The molecule has 1 aliphatic rings. The first-order valence-corrected chi connectivity index (χ1v) is 7.14. The van der Waals surface area contributed by atoms with E-state index in [2.05, 4.69) is 9.98 Å². The molecule has 0 amide bonds. The van der Waals surface area contributed by atoms with Gasteiger partial charge in [-0.25, -0.2) is 9.98 Å². The van der Waals surface area contributed by atoms with Crippen molar-refractivity contribution >= 4 is 22.7 Å². The molecule has 1 aromatic carbocycles. The lowest BCUT2D eigenvalue weighted by Gasteiger charge is -2.20. The Morgan fingerprint density at radius 1 is 1.10 bits per heavy atom. The van der Waals surface area contributed by atoms with Crippen molar-refractivity contribution in [2.45, 2.75) is 21.3 Å². The van der Waals surface area contributed by atoms with E-state index >= 15 is 0 Å². The van der Waals surface area contributed by atoms with E-state index in [-0.39, 0.29) is 7.43 Å². The van der Waals surface area contributed by atoms with E-state index in [1.54, 1.807) is 17.5 Å². The van der Waals surface area contributed by atoms with Crippen LogP contribution in [0.4, 0.5) is 5.69 Å². The summed E-state index contributed by atoms with van der Waals surface area (Å²) < 4.78 is 11.2. The minimum absolute atomic E-state index is 0. The molecular weight excluding hydrogens is 272 g/mol. The zero-order chi connectivity index (χ0) is 13.2. The average Bonchev–Trinajstić information content (AvgIpc) is 2.89. The Bertz CT molecular complexity index is 621. The summed E-state index contributed by atoms with van der Waals surface area (Å²) in [6.07, 6.45) is 1.79. The highest BCUT2D eigenvalue weighted by molar-refractivity contribution is 7.12. The second kappa shape index (κ2) is 6.05. The quantitative estimate of drug-likeness (QED) is 0.711. The van der Waals surface area contributed by atoms with Gasteiger partial charge < -0.3 is 9.47 Å². The van der Waals surface area contributed by atoms with Crippen molar-refractivity contribution in [1.29, 1.82) is 0 Å². The molecule has 0 unspecified atom stereocenters. The smallest absolute Gasteiger partial charge is 0.163 e. The number of thiazole rings is 1. The molecule has 4 nitrogen and oxygen atoms in total. The van der Waals surface area contributed by atoms with Gasteiger partial charge in [-0.05, 0) is 19.9 Å². The summed E-state index contributed by atoms with van der Waals surface area (Å²) in [5.41, 5.74) is 2.97. The maximum atomic E-state index is 5.63. The third-order valence-corrected chi connectivity index (χ3v) is 3.56. The van der Waals surface area contributed by atoms with Gasteiger partial charge in [0.2, 0.25) is 0 Å². The van der Waals surface area contributed by atoms with Gasteiger partial charge in [-0.2, -0.15) is 0 Å². The molecule has 0 spiro atoms. The van der Waals surface area contributed by atoms with Crippen LogP contribution >= 0.6 is 11.3 Å². The molecule has 0 bridgehead atoms. The maximum Gasteiger partial charge on any atom is 0.163 e. The lowest BCUT2D eigenvalue weighted by molar-refractivity contribution is 0.288. The van der Waals surface area contributed by atoms with Gasteiger partial charge in [0.05, 0.1) is 18.9 Å². The molecule has 0 N–H and O–H groups in total. The second-order valence-electron chi connectivity index (χ2n) is 3.98. The SMILES string of the molecule is C.CCOc1cc2c(cc1OCC)C(c1nccs1)=N2. The van der Waals surface area contributed by atoms with Crippen LogP contribution < -0.4 is 9.47 Å². The first-order valence-electron chi connectivity index (χ1n) is 6.26. The van der Waals surface area contributed by atoms with Crippen molar-refractivity contribution in [3.8, 4) is 11.5 Å². The number of aromatic nitrogens is 1. The van der Waals surface area contributed by atoms with E-state index in [4.69, 9.17) is 9.47 Å². The number of benzene rings is 1. The highest BCUT2D eigenvalue weighted by Crippen LogP contribution is 2.41. The lowest BCUT2D eigenvalue weighted by atomic mass is 10.0. The van der Waals surface area contributed by atoms with Crippen molar-refractivity contribution in [3.63, 3.8) is 0 Å². The maximum absolute atomic E-state index is 5.63. The van der Waals surface area contributed by atoms with Gasteiger partial charge in [-0.15, -0.1) is 11.3 Å². The molecule has 106 valence electrons.